The molecular formula is C20H17FN4O. The molecule has 1 atom stereocenters. The van der Waals surface area contributed by atoms with Gasteiger partial charge < -0.3 is 5.11 Å². The van der Waals surface area contributed by atoms with Crippen molar-refractivity contribution in [2.75, 3.05) is 0 Å². The summed E-state index contributed by atoms with van der Waals surface area (Å²) in [6, 6.07) is 17.2. The van der Waals surface area contributed by atoms with Crippen molar-refractivity contribution < 1.29 is 9.50 Å². The van der Waals surface area contributed by atoms with E-state index in [-0.39, 0.29) is 17.7 Å². The highest BCUT2D eigenvalue weighted by Gasteiger charge is 2.31. The molecule has 1 N–H and O–H groups in total. The largest absolute Gasteiger partial charge is 0.493 e. The molecule has 1 aliphatic heterocycles. The summed E-state index contributed by atoms with van der Waals surface area (Å²) < 4.78 is 14.1. The maximum atomic E-state index is 14.1. The molecule has 5 nitrogen and oxygen atoms in total. The zero-order valence-electron chi connectivity index (χ0n) is 14.0. The van der Waals surface area contributed by atoms with Crippen molar-refractivity contribution in [3.8, 4) is 5.88 Å². The fourth-order valence-electron chi connectivity index (χ4n) is 3.07. The zero-order chi connectivity index (χ0) is 17.9. The van der Waals surface area contributed by atoms with Crippen molar-refractivity contribution in [1.29, 1.82) is 0 Å². The smallest absolute Gasteiger partial charge is 0.211 e. The van der Waals surface area contributed by atoms with Crippen LogP contribution >= 0.6 is 0 Å². The van der Waals surface area contributed by atoms with Crippen LogP contribution in [0.25, 0.3) is 0 Å². The predicted octanol–water partition coefficient (Wildman–Crippen LogP) is 3.67. The average Bonchev–Trinajstić information content (AvgIpc) is 3.08. The van der Waals surface area contributed by atoms with Crippen molar-refractivity contribution in [3.05, 3.63) is 89.6 Å². The van der Waals surface area contributed by atoms with E-state index in [4.69, 9.17) is 0 Å². The lowest BCUT2D eigenvalue weighted by Gasteiger charge is -2.23. The van der Waals surface area contributed by atoms with Gasteiger partial charge in [-0.1, -0.05) is 30.3 Å². The molecule has 0 radical (unpaired) electrons. The number of hydrogen-bond donors (Lipinski definition) is 1. The Morgan fingerprint density at radius 2 is 1.88 bits per heavy atom. The number of hydrogen-bond acceptors (Lipinski definition) is 5. The Labute approximate surface area is 150 Å². The second kappa shape index (κ2) is 6.92. The Kier molecular flexibility index (Phi) is 4.31. The average molecular weight is 348 g/mol. The van der Waals surface area contributed by atoms with Crippen LogP contribution in [0, 0.1) is 5.82 Å². The van der Waals surface area contributed by atoms with Gasteiger partial charge in [0.15, 0.2) is 0 Å². The van der Waals surface area contributed by atoms with Gasteiger partial charge in [0.25, 0.3) is 0 Å². The summed E-state index contributed by atoms with van der Waals surface area (Å²) in [4.78, 5) is 8.59. The first kappa shape index (κ1) is 16.2. The van der Waals surface area contributed by atoms with Crippen LogP contribution in [0.3, 0.4) is 0 Å². The fourth-order valence-corrected chi connectivity index (χ4v) is 3.07. The van der Waals surface area contributed by atoms with E-state index in [1.165, 1.54) is 12.1 Å². The number of aromatic hydroxyl groups is 1. The van der Waals surface area contributed by atoms with Crippen molar-refractivity contribution in [2.24, 2.45) is 5.10 Å². The molecule has 0 amide bonds. The van der Waals surface area contributed by atoms with Crippen molar-refractivity contribution >= 4 is 5.71 Å². The van der Waals surface area contributed by atoms with Crippen LogP contribution in [0.2, 0.25) is 0 Å². The minimum absolute atomic E-state index is 0.0420. The molecule has 6 heteroatoms. The maximum Gasteiger partial charge on any atom is 0.211 e. The van der Waals surface area contributed by atoms with Crippen molar-refractivity contribution in [1.82, 2.24) is 15.0 Å². The summed E-state index contributed by atoms with van der Waals surface area (Å²) in [6.45, 7) is 0.311. The second-order valence-corrected chi connectivity index (χ2v) is 6.09. The van der Waals surface area contributed by atoms with Gasteiger partial charge in [0.2, 0.25) is 5.88 Å². The van der Waals surface area contributed by atoms with Gasteiger partial charge in [-0.3, -0.25) is 9.99 Å². The summed E-state index contributed by atoms with van der Waals surface area (Å²) in [5.41, 5.74) is 2.85. The molecule has 26 heavy (non-hydrogen) atoms. The van der Waals surface area contributed by atoms with E-state index in [0.717, 1.165) is 11.4 Å². The molecule has 1 unspecified atom stereocenters. The lowest BCUT2D eigenvalue weighted by Crippen LogP contribution is -2.20. The Balaban J connectivity index is 1.69. The summed E-state index contributed by atoms with van der Waals surface area (Å²) in [5, 5.41) is 16.2. The van der Waals surface area contributed by atoms with Gasteiger partial charge in [-0.25, -0.2) is 9.37 Å². The molecule has 0 saturated carbocycles. The minimum Gasteiger partial charge on any atom is -0.493 e. The van der Waals surface area contributed by atoms with E-state index < -0.39 is 0 Å². The van der Waals surface area contributed by atoms with Crippen LogP contribution in [0.4, 0.5) is 4.39 Å². The third-order valence-corrected chi connectivity index (χ3v) is 4.34. The quantitative estimate of drug-likeness (QED) is 0.781. The Bertz CT molecular complexity index is 945. The van der Waals surface area contributed by atoms with Crippen LogP contribution in [0.1, 0.15) is 29.4 Å². The van der Waals surface area contributed by atoms with Crippen molar-refractivity contribution in [2.45, 2.75) is 19.0 Å². The highest BCUT2D eigenvalue weighted by atomic mass is 19.1. The molecule has 1 aliphatic rings. The number of pyridine rings is 2. The monoisotopic (exact) mass is 348 g/mol. The molecule has 0 saturated heterocycles. The number of rotatable bonds is 4. The highest BCUT2D eigenvalue weighted by molar-refractivity contribution is 6.00. The molecule has 4 rings (SSSR count). The maximum absolute atomic E-state index is 14.1. The van der Waals surface area contributed by atoms with Gasteiger partial charge in [0, 0.05) is 24.2 Å². The first-order chi connectivity index (χ1) is 12.7. The molecule has 130 valence electrons. The number of nitrogens with zero attached hydrogens (tertiary/aromatic N) is 4. The Morgan fingerprint density at radius 1 is 1.04 bits per heavy atom. The summed E-state index contributed by atoms with van der Waals surface area (Å²) >= 11 is 0. The van der Waals surface area contributed by atoms with Gasteiger partial charge in [-0.15, -0.1) is 0 Å². The topological polar surface area (TPSA) is 61.6 Å². The summed E-state index contributed by atoms with van der Waals surface area (Å²) in [7, 11) is 0. The highest BCUT2D eigenvalue weighted by Crippen LogP contribution is 2.33. The standard InChI is InChI=1S/C20H17FN4O/c21-15-7-2-1-6-14(15)13-25-19(17-9-5-10-20(26)23-17)12-18(24-25)16-8-3-4-11-22-16/h1-11,19H,12-13H2,(H,23,26). The number of hydrazone groups is 1. The SMILES string of the molecule is Oc1cccc(C2CC(c3ccccn3)=NN2Cc2ccccc2F)n1. The molecule has 0 fully saturated rings. The predicted molar refractivity (Wildman–Crippen MR) is 96.0 cm³/mol. The van der Waals surface area contributed by atoms with E-state index in [9.17, 15) is 9.50 Å². The van der Waals surface area contributed by atoms with E-state index in [2.05, 4.69) is 15.1 Å². The molecule has 3 heterocycles. The molecular weight excluding hydrogens is 331 g/mol. The van der Waals surface area contributed by atoms with Crippen molar-refractivity contribution in [3.63, 3.8) is 0 Å². The number of halogens is 1. The number of aromatic nitrogens is 2. The normalized spacial score (nSPS) is 16.6. The third-order valence-electron chi connectivity index (χ3n) is 4.34. The van der Waals surface area contributed by atoms with E-state index >= 15 is 0 Å². The van der Waals surface area contributed by atoms with E-state index in [0.29, 0.717) is 24.2 Å². The molecule has 0 bridgehead atoms. The minimum atomic E-state index is -0.267. The van der Waals surface area contributed by atoms with Crippen LogP contribution in [0.5, 0.6) is 5.88 Å². The molecule has 3 aromatic rings. The lowest BCUT2D eigenvalue weighted by atomic mass is 10.0. The Morgan fingerprint density at radius 3 is 2.65 bits per heavy atom. The van der Waals surface area contributed by atoms with Crippen LogP contribution < -0.4 is 0 Å². The molecule has 0 aliphatic carbocycles. The van der Waals surface area contributed by atoms with Gasteiger partial charge in [-0.2, -0.15) is 5.10 Å². The zero-order valence-corrected chi connectivity index (χ0v) is 14.0. The van der Waals surface area contributed by atoms with Gasteiger partial charge in [0.1, 0.15) is 5.82 Å². The van der Waals surface area contributed by atoms with Crippen LogP contribution in [-0.4, -0.2) is 25.8 Å². The van der Waals surface area contributed by atoms with Gasteiger partial charge >= 0.3 is 0 Å². The van der Waals surface area contributed by atoms with E-state index in [1.54, 1.807) is 30.5 Å². The fraction of sp³-hybridized carbons (Fsp3) is 0.150. The summed E-state index contributed by atoms with van der Waals surface area (Å²) in [6.07, 6.45) is 2.31. The molecule has 1 aromatic carbocycles. The second-order valence-electron chi connectivity index (χ2n) is 6.09. The lowest BCUT2D eigenvalue weighted by molar-refractivity contribution is 0.216. The van der Waals surface area contributed by atoms with Crippen LogP contribution in [-0.2, 0) is 6.54 Å². The molecule has 0 spiro atoms. The first-order valence-electron chi connectivity index (χ1n) is 8.35. The first-order valence-corrected chi connectivity index (χ1v) is 8.35. The van der Waals surface area contributed by atoms with Crippen LogP contribution in [0.15, 0.2) is 72.0 Å². The Hall–Kier alpha value is -3.28. The number of benzene rings is 1. The third kappa shape index (κ3) is 3.26. The van der Waals surface area contributed by atoms with Gasteiger partial charge in [-0.05, 0) is 24.3 Å². The summed E-state index contributed by atoms with van der Waals surface area (Å²) in [5.74, 6) is -0.309. The molecule has 2 aromatic heterocycles. The van der Waals surface area contributed by atoms with E-state index in [1.807, 2.05) is 29.3 Å². The van der Waals surface area contributed by atoms with Gasteiger partial charge in [0.05, 0.1) is 29.7 Å².